The van der Waals surface area contributed by atoms with Crippen LogP contribution in [0, 0.1) is 6.92 Å². The molecule has 0 aliphatic heterocycles. The maximum Gasteiger partial charge on any atom is 0.319 e. The normalized spacial score (nSPS) is 11.9. The Hall–Kier alpha value is -3.26. The van der Waals surface area contributed by atoms with Crippen LogP contribution in [-0.2, 0) is 6.42 Å². The highest BCUT2D eigenvalue weighted by atomic mass is 35.5. The maximum absolute atomic E-state index is 6.24. The number of anilines is 1. The molecule has 9 heteroatoms. The first kappa shape index (κ1) is 21.4. The highest BCUT2D eigenvalue weighted by molar-refractivity contribution is 6.30. The number of nitrogens with two attached hydrogens (primary N) is 1. The van der Waals surface area contributed by atoms with Crippen molar-refractivity contribution in [2.24, 2.45) is 10.7 Å². The van der Waals surface area contributed by atoms with E-state index in [0.29, 0.717) is 24.1 Å². The molecule has 0 aliphatic rings. The highest BCUT2D eigenvalue weighted by Crippen LogP contribution is 2.23. The largest absolute Gasteiger partial charge is 0.463 e. The van der Waals surface area contributed by atoms with Gasteiger partial charge in [0, 0.05) is 49.0 Å². The molecule has 3 heterocycles. The summed E-state index contributed by atoms with van der Waals surface area (Å²) in [5, 5.41) is 3.53. The molecule has 156 valence electrons. The van der Waals surface area contributed by atoms with Gasteiger partial charge in [-0.25, -0.2) is 0 Å². The van der Waals surface area contributed by atoms with Crippen LogP contribution < -0.4 is 15.8 Å². The van der Waals surface area contributed by atoms with E-state index in [1.165, 1.54) is 6.20 Å². The van der Waals surface area contributed by atoms with Gasteiger partial charge in [0.2, 0.25) is 0 Å². The van der Waals surface area contributed by atoms with Crippen molar-refractivity contribution in [3.8, 4) is 6.01 Å². The van der Waals surface area contributed by atoms with Gasteiger partial charge in [0.1, 0.15) is 11.0 Å². The number of halogens is 1. The minimum atomic E-state index is 0.228. The van der Waals surface area contributed by atoms with Gasteiger partial charge in [-0.15, -0.1) is 0 Å². The Morgan fingerprint density at radius 2 is 2.10 bits per heavy atom. The lowest BCUT2D eigenvalue weighted by atomic mass is 10.2. The van der Waals surface area contributed by atoms with Crippen LogP contribution in [0.5, 0.6) is 6.01 Å². The van der Waals surface area contributed by atoms with Crippen LogP contribution in [0.15, 0.2) is 47.2 Å². The number of rotatable bonds is 9. The van der Waals surface area contributed by atoms with Crippen molar-refractivity contribution in [2.75, 3.05) is 25.5 Å². The van der Waals surface area contributed by atoms with E-state index in [4.69, 9.17) is 22.1 Å². The lowest BCUT2D eigenvalue weighted by Crippen LogP contribution is -2.12. The number of aliphatic imine (C=N–C) groups is 1. The van der Waals surface area contributed by atoms with Crippen LogP contribution in [0.2, 0.25) is 5.15 Å². The number of hydrogen-bond acceptors (Lipinski definition) is 8. The van der Waals surface area contributed by atoms with Crippen LogP contribution in [-0.4, -0.2) is 46.3 Å². The zero-order valence-electron chi connectivity index (χ0n) is 17.0. The molecule has 0 fully saturated rings. The summed E-state index contributed by atoms with van der Waals surface area (Å²) in [4.78, 5) is 21.5. The monoisotopic (exact) mass is 425 g/mol. The summed E-state index contributed by atoms with van der Waals surface area (Å²) in [6, 6.07) is 8.03. The van der Waals surface area contributed by atoms with Gasteiger partial charge in [-0.2, -0.15) is 9.97 Å². The number of aryl methyl sites for hydroxylation is 1. The SMILES string of the molecule is CN=CC(=CN)CNc1nc(OCCCc2ccc3ncccc3n2)nc(Cl)c1C. The van der Waals surface area contributed by atoms with E-state index in [-0.39, 0.29) is 6.01 Å². The molecular formula is C21H24ClN7O. The van der Waals surface area contributed by atoms with Crippen molar-refractivity contribution >= 4 is 34.7 Å². The van der Waals surface area contributed by atoms with E-state index in [1.54, 1.807) is 19.5 Å². The van der Waals surface area contributed by atoms with Gasteiger partial charge in [0.25, 0.3) is 0 Å². The fourth-order valence-corrected chi connectivity index (χ4v) is 2.92. The molecule has 0 amide bonds. The van der Waals surface area contributed by atoms with Gasteiger partial charge in [-0.3, -0.25) is 15.0 Å². The Morgan fingerprint density at radius 3 is 2.90 bits per heavy atom. The molecule has 3 N–H and O–H groups in total. The smallest absolute Gasteiger partial charge is 0.319 e. The van der Waals surface area contributed by atoms with Crippen molar-refractivity contribution in [1.29, 1.82) is 0 Å². The molecule has 0 bridgehead atoms. The van der Waals surface area contributed by atoms with E-state index in [9.17, 15) is 0 Å². The first-order chi connectivity index (χ1) is 14.6. The molecule has 0 spiro atoms. The average molecular weight is 426 g/mol. The summed E-state index contributed by atoms with van der Waals surface area (Å²) in [7, 11) is 1.69. The van der Waals surface area contributed by atoms with Crippen molar-refractivity contribution in [2.45, 2.75) is 19.8 Å². The van der Waals surface area contributed by atoms with Gasteiger partial charge in [0.15, 0.2) is 0 Å². The second-order valence-corrected chi connectivity index (χ2v) is 6.91. The molecule has 0 radical (unpaired) electrons. The molecule has 0 aromatic carbocycles. The number of nitrogens with zero attached hydrogens (tertiary/aromatic N) is 5. The van der Waals surface area contributed by atoms with Crippen LogP contribution in [0.25, 0.3) is 11.0 Å². The zero-order valence-corrected chi connectivity index (χ0v) is 17.7. The van der Waals surface area contributed by atoms with Crippen molar-refractivity contribution < 1.29 is 4.74 Å². The molecule has 0 saturated heterocycles. The highest BCUT2D eigenvalue weighted by Gasteiger charge is 2.11. The molecule has 0 atom stereocenters. The number of hydrogen-bond donors (Lipinski definition) is 2. The van der Waals surface area contributed by atoms with E-state index < -0.39 is 0 Å². The fourth-order valence-electron chi connectivity index (χ4n) is 2.76. The number of aromatic nitrogens is 4. The second kappa shape index (κ2) is 10.5. The third kappa shape index (κ3) is 5.64. The first-order valence-electron chi connectivity index (χ1n) is 9.55. The Balaban J connectivity index is 1.57. The Labute approximate surface area is 180 Å². The van der Waals surface area contributed by atoms with Crippen LogP contribution >= 0.6 is 11.6 Å². The quantitative estimate of drug-likeness (QED) is 0.307. The standard InChI is InChI=1S/C21H24ClN7O/c1-14-19(22)28-21(29-20(14)26-13-15(11-23)12-24-2)30-10-4-5-16-7-8-17-18(27-16)6-3-9-25-17/h3,6-9,11-12H,4-5,10,13,23H2,1-2H3,(H,26,28,29). The summed E-state index contributed by atoms with van der Waals surface area (Å²) in [6.45, 7) is 2.75. The molecule has 3 aromatic heterocycles. The average Bonchev–Trinajstić information content (AvgIpc) is 2.76. The number of fused-ring (bicyclic) bond motifs is 1. The third-order valence-electron chi connectivity index (χ3n) is 4.36. The van der Waals surface area contributed by atoms with Crippen LogP contribution in [0.3, 0.4) is 0 Å². The molecule has 3 aromatic rings. The van der Waals surface area contributed by atoms with Gasteiger partial charge >= 0.3 is 6.01 Å². The molecule has 0 aliphatic carbocycles. The van der Waals surface area contributed by atoms with E-state index >= 15 is 0 Å². The summed E-state index contributed by atoms with van der Waals surface area (Å²) >= 11 is 6.24. The molecule has 30 heavy (non-hydrogen) atoms. The third-order valence-corrected chi connectivity index (χ3v) is 4.73. The summed E-state index contributed by atoms with van der Waals surface area (Å²) in [6.07, 6.45) is 6.48. The molecular weight excluding hydrogens is 402 g/mol. The Kier molecular flexibility index (Phi) is 7.51. The van der Waals surface area contributed by atoms with Gasteiger partial charge in [-0.05, 0) is 44.0 Å². The first-order valence-corrected chi connectivity index (χ1v) is 9.93. The summed E-state index contributed by atoms with van der Waals surface area (Å²) in [5.74, 6) is 0.595. The van der Waals surface area contributed by atoms with Crippen LogP contribution in [0.1, 0.15) is 17.7 Å². The lowest BCUT2D eigenvalue weighted by Gasteiger charge is -2.12. The predicted molar refractivity (Wildman–Crippen MR) is 120 cm³/mol. The minimum absolute atomic E-state index is 0.228. The maximum atomic E-state index is 6.24. The Bertz CT molecular complexity index is 1070. The minimum Gasteiger partial charge on any atom is -0.463 e. The zero-order chi connectivity index (χ0) is 21.3. The Morgan fingerprint density at radius 1 is 1.23 bits per heavy atom. The van der Waals surface area contributed by atoms with Gasteiger partial charge < -0.3 is 15.8 Å². The van der Waals surface area contributed by atoms with Crippen molar-refractivity contribution in [3.63, 3.8) is 0 Å². The number of ether oxygens (including phenoxy) is 1. The number of pyridine rings is 2. The molecule has 8 nitrogen and oxygen atoms in total. The second-order valence-electron chi connectivity index (χ2n) is 6.55. The van der Waals surface area contributed by atoms with E-state index in [0.717, 1.165) is 40.7 Å². The van der Waals surface area contributed by atoms with Crippen molar-refractivity contribution in [1.82, 2.24) is 19.9 Å². The van der Waals surface area contributed by atoms with E-state index in [2.05, 4.69) is 30.2 Å². The predicted octanol–water partition coefficient (Wildman–Crippen LogP) is 3.35. The van der Waals surface area contributed by atoms with Gasteiger partial charge in [0.05, 0.1) is 17.6 Å². The lowest BCUT2D eigenvalue weighted by molar-refractivity contribution is 0.286. The van der Waals surface area contributed by atoms with Gasteiger partial charge in [-0.1, -0.05) is 11.6 Å². The topological polar surface area (TPSA) is 111 Å². The molecule has 0 saturated carbocycles. The molecule has 3 rings (SSSR count). The van der Waals surface area contributed by atoms with Crippen molar-refractivity contribution in [3.05, 3.63) is 58.6 Å². The fraction of sp³-hybridized carbons (Fsp3) is 0.286. The summed E-state index contributed by atoms with van der Waals surface area (Å²) in [5.41, 5.74) is 9.92. The van der Waals surface area contributed by atoms with Crippen LogP contribution in [0.4, 0.5) is 5.82 Å². The molecule has 0 unspecified atom stereocenters. The number of nitrogens with one attached hydrogen (secondary N) is 1. The summed E-state index contributed by atoms with van der Waals surface area (Å²) < 4.78 is 5.72. The van der Waals surface area contributed by atoms with E-state index in [1.807, 2.05) is 31.2 Å².